The van der Waals surface area contributed by atoms with Gasteiger partial charge in [0.1, 0.15) is 35.0 Å². The number of methoxy groups -OCH3 is 1. The van der Waals surface area contributed by atoms with E-state index < -0.39 is 29.8 Å². The first kappa shape index (κ1) is 40.7. The number of nitrogens with one attached hydrogen (secondary N) is 4. The van der Waals surface area contributed by atoms with Gasteiger partial charge in [-0.2, -0.15) is 0 Å². The summed E-state index contributed by atoms with van der Waals surface area (Å²) in [6, 6.07) is 9.61. The lowest BCUT2D eigenvalue weighted by molar-refractivity contribution is -0.134. The Bertz CT molecular complexity index is 2150. The van der Waals surface area contributed by atoms with Gasteiger partial charge in [0.25, 0.3) is 5.91 Å². The zero-order valence-corrected chi connectivity index (χ0v) is 33.5. The van der Waals surface area contributed by atoms with Crippen LogP contribution in [0.5, 0.6) is 0 Å². The maximum absolute atomic E-state index is 15.8. The average Bonchev–Trinajstić information content (AvgIpc) is 4.12. The fourth-order valence-electron chi connectivity index (χ4n) is 8.89. The third kappa shape index (κ3) is 8.64. The first-order valence-electron chi connectivity index (χ1n) is 20.6. The van der Waals surface area contributed by atoms with Crippen molar-refractivity contribution in [1.29, 1.82) is 0 Å². The molecule has 18 heteroatoms. The number of ether oxygens (including phenoxy) is 2. The molecular formula is C42H50F2N10O6. The molecule has 0 spiro atoms. The number of halogens is 2. The van der Waals surface area contributed by atoms with Gasteiger partial charge < -0.3 is 49.7 Å². The minimum atomic E-state index is -0.972. The number of carbonyl (C=O) groups is 4. The number of hydrogen-bond donors (Lipinski definition) is 4. The van der Waals surface area contributed by atoms with E-state index in [1.807, 2.05) is 6.07 Å². The predicted molar refractivity (Wildman–Crippen MR) is 215 cm³/mol. The Kier molecular flexibility index (Phi) is 12.3. The molecule has 60 heavy (non-hydrogen) atoms. The molecule has 4 aliphatic heterocycles. The molecule has 5 amide bonds. The second-order valence-corrected chi connectivity index (χ2v) is 15.6. The topological polar surface area (TPSA) is 181 Å². The molecule has 8 rings (SSSR count). The number of aromatic nitrogens is 4. The van der Waals surface area contributed by atoms with Crippen LogP contribution in [0.25, 0.3) is 11.3 Å². The number of imidazole rings is 2. The summed E-state index contributed by atoms with van der Waals surface area (Å²) < 4.78 is 41.8. The molecule has 4 saturated heterocycles. The minimum Gasteiger partial charge on any atom is -0.453 e. The molecule has 4 aromatic rings. The number of benzene rings is 2. The highest BCUT2D eigenvalue weighted by atomic mass is 19.1. The lowest BCUT2D eigenvalue weighted by Gasteiger charge is -2.33. The van der Waals surface area contributed by atoms with Crippen molar-refractivity contribution in [3.8, 4) is 11.3 Å². The van der Waals surface area contributed by atoms with Crippen LogP contribution < -0.4 is 15.5 Å². The molecule has 0 aliphatic carbocycles. The maximum atomic E-state index is 15.8. The fraction of sp³-hybridized carbons (Fsp3) is 0.476. The van der Waals surface area contributed by atoms with Gasteiger partial charge in [0, 0.05) is 62.6 Å². The Morgan fingerprint density at radius 2 is 1.50 bits per heavy atom. The van der Waals surface area contributed by atoms with Crippen molar-refractivity contribution in [3.05, 3.63) is 89.4 Å². The van der Waals surface area contributed by atoms with Crippen molar-refractivity contribution in [2.45, 2.75) is 62.6 Å². The van der Waals surface area contributed by atoms with Crippen LogP contribution in [-0.2, 0) is 19.1 Å². The molecule has 6 heterocycles. The molecule has 3 atom stereocenters. The Morgan fingerprint density at radius 3 is 2.20 bits per heavy atom. The van der Waals surface area contributed by atoms with Gasteiger partial charge in [-0.3, -0.25) is 9.59 Å². The van der Waals surface area contributed by atoms with Gasteiger partial charge >= 0.3 is 12.1 Å². The van der Waals surface area contributed by atoms with Crippen LogP contribution in [0.4, 0.5) is 24.1 Å². The van der Waals surface area contributed by atoms with Crippen molar-refractivity contribution < 1.29 is 37.4 Å². The summed E-state index contributed by atoms with van der Waals surface area (Å²) >= 11 is 0. The third-order valence-corrected chi connectivity index (χ3v) is 12.0. The fourth-order valence-corrected chi connectivity index (χ4v) is 8.89. The number of rotatable bonds is 10. The molecule has 2 aromatic carbocycles. The van der Waals surface area contributed by atoms with Crippen LogP contribution >= 0.6 is 0 Å². The number of aromatic amines is 2. The molecule has 4 N–H and O–H groups in total. The monoisotopic (exact) mass is 828 g/mol. The van der Waals surface area contributed by atoms with Crippen LogP contribution in [0, 0.1) is 11.6 Å². The lowest BCUT2D eigenvalue weighted by Crippen LogP contribution is -2.49. The highest BCUT2D eigenvalue weighted by Crippen LogP contribution is 2.38. The van der Waals surface area contributed by atoms with E-state index in [1.54, 1.807) is 50.1 Å². The van der Waals surface area contributed by atoms with Gasteiger partial charge in [-0.25, -0.2) is 28.3 Å². The molecule has 16 nitrogen and oxygen atoms in total. The first-order chi connectivity index (χ1) is 29.2. The van der Waals surface area contributed by atoms with E-state index in [9.17, 15) is 19.2 Å². The Balaban J connectivity index is 0.880. The SMILES string of the molecule is COC(=O)N[C@@H](C(=O)N1CCC[C@H]1c1ncc(-c2cc(F)c(N3CCC(c4cnc([C@@H]5CCCN5C(=O)CNC(=O)N5CCOCC5)[nH]4)CC3)c(F)c2)[nH]1)c1ccccc1. The van der Waals surface area contributed by atoms with Crippen molar-refractivity contribution in [2.75, 3.05) is 71.0 Å². The van der Waals surface area contributed by atoms with E-state index in [0.29, 0.717) is 101 Å². The van der Waals surface area contributed by atoms with Crippen LogP contribution in [0.2, 0.25) is 0 Å². The maximum Gasteiger partial charge on any atom is 0.407 e. The Labute approximate surface area is 346 Å². The van der Waals surface area contributed by atoms with Crippen LogP contribution in [-0.4, -0.2) is 125 Å². The average molecular weight is 829 g/mol. The number of hydrogen-bond acceptors (Lipinski definition) is 9. The largest absolute Gasteiger partial charge is 0.453 e. The Hall–Kier alpha value is -6.04. The van der Waals surface area contributed by atoms with Gasteiger partial charge in [0.15, 0.2) is 0 Å². The Morgan fingerprint density at radius 1 is 0.850 bits per heavy atom. The number of H-pyrrole nitrogens is 2. The number of nitrogens with zero attached hydrogens (tertiary/aromatic N) is 6. The quantitative estimate of drug-likeness (QED) is 0.173. The molecule has 0 bridgehead atoms. The summed E-state index contributed by atoms with van der Waals surface area (Å²) in [4.78, 5) is 74.4. The van der Waals surface area contributed by atoms with Crippen molar-refractivity contribution in [2.24, 2.45) is 0 Å². The lowest BCUT2D eigenvalue weighted by atomic mass is 9.93. The second kappa shape index (κ2) is 18.1. The molecule has 4 fully saturated rings. The predicted octanol–water partition coefficient (Wildman–Crippen LogP) is 4.93. The van der Waals surface area contributed by atoms with Gasteiger partial charge in [-0.15, -0.1) is 0 Å². The highest BCUT2D eigenvalue weighted by Gasteiger charge is 2.38. The standard InChI is InChI=1S/C42H50F2N10O6/c1-59-42(58)50-36(27-7-3-2-4-8-27)40(56)54-14-6-10-34(54)39-46-24-32(49-39)28-21-29(43)37(30(44)22-28)51-15-11-26(12-16-51)31-23-45-38(48-31)33-9-5-13-53(33)35(55)25-47-41(57)52-17-19-60-20-18-52/h2-4,7-8,21-24,26,33-34,36H,5-6,9-20,25H2,1H3,(H,45,48)(H,46,49)(H,47,57)(H,50,58)/t33-,34-,36+/m0/s1. The summed E-state index contributed by atoms with van der Waals surface area (Å²) in [6.45, 7) is 3.74. The molecule has 0 unspecified atom stereocenters. The molecule has 0 radical (unpaired) electrons. The first-order valence-corrected chi connectivity index (χ1v) is 20.6. The molecule has 318 valence electrons. The van der Waals surface area contributed by atoms with Gasteiger partial charge in [-0.05, 0) is 56.2 Å². The summed E-state index contributed by atoms with van der Waals surface area (Å²) in [6.07, 6.45) is 6.78. The zero-order chi connectivity index (χ0) is 41.8. The van der Waals surface area contributed by atoms with E-state index >= 15 is 8.78 Å². The van der Waals surface area contributed by atoms with Crippen LogP contribution in [0.3, 0.4) is 0 Å². The van der Waals surface area contributed by atoms with Crippen molar-refractivity contribution in [1.82, 2.24) is 45.3 Å². The summed E-state index contributed by atoms with van der Waals surface area (Å²) in [5.41, 5.74) is 2.15. The smallest absolute Gasteiger partial charge is 0.407 e. The van der Waals surface area contributed by atoms with E-state index in [2.05, 4.69) is 30.6 Å². The minimum absolute atomic E-state index is 0.0827. The molecular weight excluding hydrogens is 779 g/mol. The summed E-state index contributed by atoms with van der Waals surface area (Å²) in [5.74, 6) is -0.580. The molecule has 2 aromatic heterocycles. The molecule has 0 saturated carbocycles. The number of carbonyl (C=O) groups excluding carboxylic acids is 4. The van der Waals surface area contributed by atoms with Crippen LogP contribution in [0.15, 0.2) is 54.9 Å². The van der Waals surface area contributed by atoms with E-state index in [4.69, 9.17) is 9.47 Å². The van der Waals surface area contributed by atoms with Crippen molar-refractivity contribution in [3.63, 3.8) is 0 Å². The number of alkyl carbamates (subject to hydrolysis) is 1. The zero-order valence-electron chi connectivity index (χ0n) is 33.5. The number of urea groups is 1. The number of amides is 5. The summed E-state index contributed by atoms with van der Waals surface area (Å²) in [5, 5.41) is 5.39. The van der Waals surface area contributed by atoms with Gasteiger partial charge in [0.05, 0.1) is 50.8 Å². The number of anilines is 1. The van der Waals surface area contributed by atoms with E-state index in [-0.39, 0.29) is 47.6 Å². The highest BCUT2D eigenvalue weighted by molar-refractivity contribution is 5.87. The third-order valence-electron chi connectivity index (χ3n) is 12.0. The number of piperidine rings is 1. The number of morpholine rings is 1. The van der Waals surface area contributed by atoms with E-state index in [1.165, 1.54) is 25.4 Å². The van der Waals surface area contributed by atoms with Crippen LogP contribution in [0.1, 0.15) is 85.5 Å². The van der Waals surface area contributed by atoms with Gasteiger partial charge in [-0.1, -0.05) is 30.3 Å². The second-order valence-electron chi connectivity index (χ2n) is 15.6. The van der Waals surface area contributed by atoms with Crippen molar-refractivity contribution >= 4 is 29.6 Å². The summed E-state index contributed by atoms with van der Waals surface area (Å²) in [7, 11) is 1.24. The number of likely N-dealkylation sites (tertiary alicyclic amines) is 2. The molecule has 4 aliphatic rings. The normalized spacial score (nSPS) is 20.3. The van der Waals surface area contributed by atoms with E-state index in [0.717, 1.165) is 18.5 Å². The van der Waals surface area contributed by atoms with Gasteiger partial charge in [0.2, 0.25) is 5.91 Å².